The van der Waals surface area contributed by atoms with Gasteiger partial charge in [0.15, 0.2) is 0 Å². The summed E-state index contributed by atoms with van der Waals surface area (Å²) in [6.07, 6.45) is 2.64. The first-order chi connectivity index (χ1) is 9.12. The topological polar surface area (TPSA) is 29.5 Å². The lowest BCUT2D eigenvalue weighted by molar-refractivity contribution is -0.139. The molecule has 0 heterocycles. The van der Waals surface area contributed by atoms with E-state index in [0.29, 0.717) is 12.5 Å². The number of esters is 1. The molecule has 1 aromatic rings. The Morgan fingerprint density at radius 1 is 1.21 bits per heavy atom. The lowest BCUT2D eigenvalue weighted by Crippen LogP contribution is -2.30. The Bertz CT molecular complexity index is 399. The van der Waals surface area contributed by atoms with Crippen LogP contribution in [-0.2, 0) is 22.5 Å². The van der Waals surface area contributed by atoms with Crippen LogP contribution in [0.25, 0.3) is 0 Å². The monoisotopic (exact) mass is 263 g/mol. The molecule has 3 heteroatoms. The maximum absolute atomic E-state index is 11.4. The van der Waals surface area contributed by atoms with Crippen molar-refractivity contribution in [2.24, 2.45) is 0 Å². The standard InChI is InChI=1S/C16H25NO2/c1-5-15(6-2)17(3)12-14-10-8-7-9-13(14)11-16(18)19-4/h7-10,15H,5-6,11-12H2,1-4H3. The summed E-state index contributed by atoms with van der Waals surface area (Å²) in [5, 5.41) is 0. The zero-order valence-electron chi connectivity index (χ0n) is 12.5. The number of nitrogens with zero attached hydrogens (tertiary/aromatic N) is 1. The van der Waals surface area contributed by atoms with Crippen LogP contribution < -0.4 is 0 Å². The summed E-state index contributed by atoms with van der Waals surface area (Å²) in [7, 11) is 3.58. The highest BCUT2D eigenvalue weighted by Crippen LogP contribution is 2.16. The number of ether oxygens (including phenoxy) is 1. The maximum atomic E-state index is 11.4. The predicted octanol–water partition coefficient (Wildman–Crippen LogP) is 3.02. The van der Waals surface area contributed by atoms with Gasteiger partial charge in [0.05, 0.1) is 13.5 Å². The molecule has 0 atom stereocenters. The van der Waals surface area contributed by atoms with Crippen LogP contribution in [0.4, 0.5) is 0 Å². The number of hydrogen-bond acceptors (Lipinski definition) is 3. The first-order valence-electron chi connectivity index (χ1n) is 6.96. The van der Waals surface area contributed by atoms with Gasteiger partial charge in [0, 0.05) is 12.6 Å². The van der Waals surface area contributed by atoms with Gasteiger partial charge in [-0.1, -0.05) is 38.1 Å². The fraction of sp³-hybridized carbons (Fsp3) is 0.562. The Morgan fingerprint density at radius 3 is 2.32 bits per heavy atom. The van der Waals surface area contributed by atoms with Crippen molar-refractivity contribution in [3.63, 3.8) is 0 Å². The fourth-order valence-electron chi connectivity index (χ4n) is 2.42. The molecule has 0 saturated heterocycles. The second-order valence-corrected chi connectivity index (χ2v) is 4.91. The van der Waals surface area contributed by atoms with E-state index in [-0.39, 0.29) is 5.97 Å². The second kappa shape index (κ2) is 7.95. The van der Waals surface area contributed by atoms with E-state index in [1.165, 1.54) is 12.7 Å². The molecule has 0 fully saturated rings. The van der Waals surface area contributed by atoms with Crippen LogP contribution >= 0.6 is 0 Å². The number of benzene rings is 1. The van der Waals surface area contributed by atoms with Gasteiger partial charge in [-0.15, -0.1) is 0 Å². The van der Waals surface area contributed by atoms with Crippen molar-refractivity contribution < 1.29 is 9.53 Å². The Morgan fingerprint density at radius 2 is 1.79 bits per heavy atom. The zero-order valence-corrected chi connectivity index (χ0v) is 12.5. The maximum Gasteiger partial charge on any atom is 0.309 e. The SMILES string of the molecule is CCC(CC)N(C)Cc1ccccc1CC(=O)OC. The van der Waals surface area contributed by atoms with Gasteiger partial charge in [-0.3, -0.25) is 9.69 Å². The van der Waals surface area contributed by atoms with Crippen molar-refractivity contribution in [1.29, 1.82) is 0 Å². The third kappa shape index (κ3) is 4.67. The number of carbonyl (C=O) groups is 1. The highest BCUT2D eigenvalue weighted by molar-refractivity contribution is 5.72. The van der Waals surface area contributed by atoms with Crippen LogP contribution in [0.2, 0.25) is 0 Å². The van der Waals surface area contributed by atoms with Crippen LogP contribution in [0.15, 0.2) is 24.3 Å². The van der Waals surface area contributed by atoms with Gasteiger partial charge in [0.2, 0.25) is 0 Å². The molecule has 0 aromatic heterocycles. The van der Waals surface area contributed by atoms with Crippen molar-refractivity contribution in [1.82, 2.24) is 4.90 Å². The van der Waals surface area contributed by atoms with Gasteiger partial charge >= 0.3 is 5.97 Å². The van der Waals surface area contributed by atoms with Crippen LogP contribution in [0.5, 0.6) is 0 Å². The first-order valence-corrected chi connectivity index (χ1v) is 6.96. The molecule has 0 aliphatic rings. The molecule has 1 rings (SSSR count). The van der Waals surface area contributed by atoms with Gasteiger partial charge < -0.3 is 4.74 Å². The largest absolute Gasteiger partial charge is 0.469 e. The Hall–Kier alpha value is -1.35. The quantitative estimate of drug-likeness (QED) is 0.708. The summed E-state index contributed by atoms with van der Waals surface area (Å²) in [6.45, 7) is 5.30. The number of hydrogen-bond donors (Lipinski definition) is 0. The molecule has 0 saturated carbocycles. The summed E-state index contributed by atoms with van der Waals surface area (Å²) >= 11 is 0. The van der Waals surface area contributed by atoms with Crippen molar-refractivity contribution in [2.45, 2.75) is 45.7 Å². The smallest absolute Gasteiger partial charge is 0.309 e. The zero-order chi connectivity index (χ0) is 14.3. The molecule has 0 unspecified atom stereocenters. The Labute approximate surface area is 116 Å². The fourth-order valence-corrected chi connectivity index (χ4v) is 2.42. The minimum absolute atomic E-state index is 0.183. The Balaban J connectivity index is 2.80. The molecule has 19 heavy (non-hydrogen) atoms. The lowest BCUT2D eigenvalue weighted by Gasteiger charge is -2.27. The predicted molar refractivity (Wildman–Crippen MR) is 78.0 cm³/mol. The average molecular weight is 263 g/mol. The third-order valence-electron chi connectivity index (χ3n) is 3.67. The van der Waals surface area contributed by atoms with Gasteiger partial charge in [-0.05, 0) is 31.0 Å². The molecule has 0 amide bonds. The van der Waals surface area contributed by atoms with Crippen molar-refractivity contribution in [2.75, 3.05) is 14.2 Å². The minimum atomic E-state index is -0.183. The van der Waals surface area contributed by atoms with Crippen LogP contribution in [-0.4, -0.2) is 31.1 Å². The normalized spacial score (nSPS) is 11.1. The minimum Gasteiger partial charge on any atom is -0.469 e. The number of methoxy groups -OCH3 is 1. The highest BCUT2D eigenvalue weighted by Gasteiger charge is 2.13. The van der Waals surface area contributed by atoms with E-state index < -0.39 is 0 Å². The van der Waals surface area contributed by atoms with Gasteiger partial charge in [0.25, 0.3) is 0 Å². The first kappa shape index (κ1) is 15.7. The van der Waals surface area contributed by atoms with E-state index in [2.05, 4.69) is 31.9 Å². The molecule has 0 bridgehead atoms. The van der Waals surface area contributed by atoms with E-state index in [0.717, 1.165) is 24.9 Å². The van der Waals surface area contributed by atoms with Crippen molar-refractivity contribution in [3.8, 4) is 0 Å². The molecule has 1 aromatic carbocycles. The van der Waals surface area contributed by atoms with E-state index in [4.69, 9.17) is 4.74 Å². The second-order valence-electron chi connectivity index (χ2n) is 4.91. The van der Waals surface area contributed by atoms with Gasteiger partial charge in [-0.2, -0.15) is 0 Å². The van der Waals surface area contributed by atoms with E-state index in [1.54, 1.807) is 0 Å². The average Bonchev–Trinajstić information content (AvgIpc) is 2.42. The van der Waals surface area contributed by atoms with Gasteiger partial charge in [-0.25, -0.2) is 0 Å². The molecule has 106 valence electrons. The van der Waals surface area contributed by atoms with Crippen LogP contribution in [0.1, 0.15) is 37.8 Å². The molecular formula is C16H25NO2. The van der Waals surface area contributed by atoms with E-state index >= 15 is 0 Å². The molecular weight excluding hydrogens is 238 g/mol. The number of rotatable bonds is 7. The number of carbonyl (C=O) groups excluding carboxylic acids is 1. The molecule has 0 aliphatic carbocycles. The van der Waals surface area contributed by atoms with E-state index in [1.807, 2.05) is 18.2 Å². The molecule has 0 radical (unpaired) electrons. The summed E-state index contributed by atoms with van der Waals surface area (Å²) in [6, 6.07) is 8.69. The summed E-state index contributed by atoms with van der Waals surface area (Å²) < 4.78 is 4.75. The summed E-state index contributed by atoms with van der Waals surface area (Å²) in [4.78, 5) is 13.8. The van der Waals surface area contributed by atoms with Crippen molar-refractivity contribution >= 4 is 5.97 Å². The molecule has 0 spiro atoms. The molecule has 0 N–H and O–H groups in total. The highest BCUT2D eigenvalue weighted by atomic mass is 16.5. The Kier molecular flexibility index (Phi) is 6.57. The van der Waals surface area contributed by atoms with Gasteiger partial charge in [0.1, 0.15) is 0 Å². The van der Waals surface area contributed by atoms with E-state index in [9.17, 15) is 4.79 Å². The summed E-state index contributed by atoms with van der Waals surface area (Å²) in [5.74, 6) is -0.183. The van der Waals surface area contributed by atoms with Crippen LogP contribution in [0.3, 0.4) is 0 Å². The van der Waals surface area contributed by atoms with Crippen molar-refractivity contribution in [3.05, 3.63) is 35.4 Å². The van der Waals surface area contributed by atoms with Crippen LogP contribution in [0, 0.1) is 0 Å². The molecule has 3 nitrogen and oxygen atoms in total. The lowest BCUT2D eigenvalue weighted by atomic mass is 10.0. The third-order valence-corrected chi connectivity index (χ3v) is 3.67. The molecule has 0 aliphatic heterocycles. The summed E-state index contributed by atoms with van der Waals surface area (Å²) in [5.41, 5.74) is 2.27.